The van der Waals surface area contributed by atoms with Crippen LogP contribution in [0.15, 0.2) is 18.2 Å². The molecule has 0 amide bonds. The molecular weight excluding hydrogens is 305 g/mol. The second-order valence-corrected chi connectivity index (χ2v) is 6.13. The molecule has 0 aromatic heterocycles. The highest BCUT2D eigenvalue weighted by Gasteiger charge is 2.47. The van der Waals surface area contributed by atoms with Crippen LogP contribution in [0.25, 0.3) is 0 Å². The van der Waals surface area contributed by atoms with Gasteiger partial charge in [-0.1, -0.05) is 11.6 Å². The molecule has 1 aliphatic rings. The van der Waals surface area contributed by atoms with Crippen molar-refractivity contribution in [1.29, 1.82) is 0 Å². The van der Waals surface area contributed by atoms with Gasteiger partial charge in [-0.25, -0.2) is 0 Å². The van der Waals surface area contributed by atoms with Gasteiger partial charge in [-0.15, -0.1) is 0 Å². The molecule has 118 valence electrons. The Morgan fingerprint density at radius 3 is 2.76 bits per heavy atom. The van der Waals surface area contributed by atoms with Crippen LogP contribution in [-0.2, 0) is 6.42 Å². The fourth-order valence-electron chi connectivity index (χ4n) is 3.02. The van der Waals surface area contributed by atoms with Gasteiger partial charge in [0, 0.05) is 11.4 Å². The molecule has 0 radical (unpaired) electrons. The predicted octanol–water partition coefficient (Wildman–Crippen LogP) is 4.37. The predicted molar refractivity (Wildman–Crippen MR) is 74.7 cm³/mol. The van der Waals surface area contributed by atoms with Crippen LogP contribution >= 0.6 is 11.6 Å². The van der Waals surface area contributed by atoms with E-state index in [0.29, 0.717) is 29.2 Å². The zero-order valence-corrected chi connectivity index (χ0v) is 12.5. The van der Waals surface area contributed by atoms with Crippen molar-refractivity contribution in [3.05, 3.63) is 28.8 Å². The van der Waals surface area contributed by atoms with E-state index in [0.717, 1.165) is 0 Å². The van der Waals surface area contributed by atoms with Gasteiger partial charge < -0.3 is 9.84 Å². The standard InChI is InChI=1S/C15H18ClF3O2/c1-21-13-5-4-12(16)7-10(13)8-14(20)6-2-3-11(9-14)15(17,18)19/h4-5,7,11,20H,2-3,6,8-9H2,1H3. The Hall–Kier alpha value is -0.940. The van der Waals surface area contributed by atoms with Gasteiger partial charge in [0.1, 0.15) is 5.75 Å². The van der Waals surface area contributed by atoms with Gasteiger partial charge in [0.15, 0.2) is 0 Å². The Morgan fingerprint density at radius 1 is 1.43 bits per heavy atom. The molecule has 1 saturated carbocycles. The fourth-order valence-corrected chi connectivity index (χ4v) is 3.21. The molecule has 2 atom stereocenters. The molecule has 1 aromatic carbocycles. The zero-order chi connectivity index (χ0) is 15.7. The highest BCUT2D eigenvalue weighted by atomic mass is 35.5. The molecule has 1 N–H and O–H groups in total. The van der Waals surface area contributed by atoms with E-state index >= 15 is 0 Å². The Bertz CT molecular complexity index is 504. The van der Waals surface area contributed by atoms with Crippen LogP contribution in [0, 0.1) is 5.92 Å². The third-order valence-electron chi connectivity index (χ3n) is 4.05. The average Bonchev–Trinajstić information content (AvgIpc) is 2.37. The maximum absolute atomic E-state index is 12.9. The molecule has 0 saturated heterocycles. The van der Waals surface area contributed by atoms with Gasteiger partial charge in [0.2, 0.25) is 0 Å². The van der Waals surface area contributed by atoms with E-state index in [9.17, 15) is 18.3 Å². The Balaban J connectivity index is 2.19. The van der Waals surface area contributed by atoms with Gasteiger partial charge in [0.25, 0.3) is 0 Å². The summed E-state index contributed by atoms with van der Waals surface area (Å²) in [6, 6.07) is 4.94. The van der Waals surface area contributed by atoms with Crippen molar-refractivity contribution >= 4 is 11.6 Å². The number of rotatable bonds is 3. The van der Waals surface area contributed by atoms with Crippen molar-refractivity contribution < 1.29 is 23.0 Å². The molecule has 1 fully saturated rings. The maximum Gasteiger partial charge on any atom is 0.391 e. The Kier molecular flexibility index (Phi) is 4.73. The number of hydrogen-bond acceptors (Lipinski definition) is 2. The van der Waals surface area contributed by atoms with E-state index in [1.54, 1.807) is 18.2 Å². The van der Waals surface area contributed by atoms with Crippen LogP contribution in [0.1, 0.15) is 31.2 Å². The second kappa shape index (κ2) is 6.05. The molecule has 2 rings (SSSR count). The summed E-state index contributed by atoms with van der Waals surface area (Å²) in [5.74, 6) is -0.914. The summed E-state index contributed by atoms with van der Waals surface area (Å²) in [7, 11) is 1.48. The van der Waals surface area contributed by atoms with Crippen LogP contribution in [0.3, 0.4) is 0 Å². The van der Waals surface area contributed by atoms with Crippen molar-refractivity contribution in [3.63, 3.8) is 0 Å². The first-order valence-corrected chi connectivity index (χ1v) is 7.23. The maximum atomic E-state index is 12.9. The molecule has 2 unspecified atom stereocenters. The molecule has 2 nitrogen and oxygen atoms in total. The fraction of sp³-hybridized carbons (Fsp3) is 0.600. The molecule has 21 heavy (non-hydrogen) atoms. The minimum Gasteiger partial charge on any atom is -0.496 e. The van der Waals surface area contributed by atoms with E-state index < -0.39 is 17.7 Å². The second-order valence-electron chi connectivity index (χ2n) is 5.69. The third kappa shape index (κ3) is 4.04. The molecule has 0 heterocycles. The summed E-state index contributed by atoms with van der Waals surface area (Å²) in [6.45, 7) is 0. The number of ether oxygens (including phenoxy) is 1. The first-order chi connectivity index (χ1) is 9.73. The van der Waals surface area contributed by atoms with E-state index in [1.807, 2.05) is 0 Å². The van der Waals surface area contributed by atoms with Crippen LogP contribution in [0.2, 0.25) is 5.02 Å². The molecular formula is C15H18ClF3O2. The van der Waals surface area contributed by atoms with Crippen LogP contribution in [0.5, 0.6) is 5.75 Å². The van der Waals surface area contributed by atoms with Crippen molar-refractivity contribution in [2.24, 2.45) is 5.92 Å². The number of hydrogen-bond donors (Lipinski definition) is 1. The summed E-state index contributed by atoms with van der Waals surface area (Å²) in [5.41, 5.74) is -0.730. The van der Waals surface area contributed by atoms with Crippen molar-refractivity contribution in [2.75, 3.05) is 7.11 Å². The summed E-state index contributed by atoms with van der Waals surface area (Å²) < 4.78 is 43.8. The van der Waals surface area contributed by atoms with E-state index in [-0.39, 0.29) is 19.3 Å². The van der Waals surface area contributed by atoms with E-state index in [4.69, 9.17) is 16.3 Å². The first-order valence-electron chi connectivity index (χ1n) is 6.85. The molecule has 1 aliphatic carbocycles. The zero-order valence-electron chi connectivity index (χ0n) is 11.7. The lowest BCUT2D eigenvalue weighted by atomic mass is 9.75. The van der Waals surface area contributed by atoms with Crippen LogP contribution in [0.4, 0.5) is 13.2 Å². The molecule has 6 heteroatoms. The highest BCUT2D eigenvalue weighted by molar-refractivity contribution is 6.30. The normalized spacial score (nSPS) is 26.7. The molecule has 1 aromatic rings. The monoisotopic (exact) mass is 322 g/mol. The third-order valence-corrected chi connectivity index (χ3v) is 4.28. The lowest BCUT2D eigenvalue weighted by molar-refractivity contribution is -0.200. The summed E-state index contributed by atoms with van der Waals surface area (Å²) in [6.07, 6.45) is -3.61. The summed E-state index contributed by atoms with van der Waals surface area (Å²) in [5, 5.41) is 11.0. The average molecular weight is 323 g/mol. The SMILES string of the molecule is COc1ccc(Cl)cc1CC1(O)CCCC(C(F)(F)F)C1. The number of benzene rings is 1. The van der Waals surface area contributed by atoms with Crippen LogP contribution in [-0.4, -0.2) is 24.0 Å². The minimum absolute atomic E-state index is 0.0818. The number of aliphatic hydroxyl groups is 1. The Labute approximate surface area is 126 Å². The number of halogens is 4. The topological polar surface area (TPSA) is 29.5 Å². The largest absolute Gasteiger partial charge is 0.496 e. The van der Waals surface area contributed by atoms with Gasteiger partial charge in [-0.2, -0.15) is 13.2 Å². The van der Waals surface area contributed by atoms with E-state index in [2.05, 4.69) is 0 Å². The number of alkyl halides is 3. The van der Waals surface area contributed by atoms with Crippen molar-refractivity contribution in [3.8, 4) is 5.75 Å². The smallest absolute Gasteiger partial charge is 0.391 e. The van der Waals surface area contributed by atoms with E-state index in [1.165, 1.54) is 7.11 Å². The first kappa shape index (κ1) is 16.4. The number of methoxy groups -OCH3 is 1. The quantitative estimate of drug-likeness (QED) is 0.895. The molecule has 0 spiro atoms. The van der Waals surface area contributed by atoms with Crippen molar-refractivity contribution in [1.82, 2.24) is 0 Å². The lowest BCUT2D eigenvalue weighted by Gasteiger charge is -2.38. The summed E-state index contributed by atoms with van der Waals surface area (Å²) in [4.78, 5) is 0. The van der Waals surface area contributed by atoms with Crippen molar-refractivity contribution in [2.45, 2.75) is 43.9 Å². The summed E-state index contributed by atoms with van der Waals surface area (Å²) >= 11 is 5.92. The Morgan fingerprint density at radius 2 is 2.14 bits per heavy atom. The minimum atomic E-state index is -4.26. The van der Waals surface area contributed by atoms with Gasteiger partial charge in [0.05, 0.1) is 18.6 Å². The van der Waals surface area contributed by atoms with Gasteiger partial charge in [-0.05, 0) is 49.4 Å². The van der Waals surface area contributed by atoms with Crippen LogP contribution < -0.4 is 4.74 Å². The lowest BCUT2D eigenvalue weighted by Crippen LogP contribution is -2.42. The molecule has 0 aliphatic heterocycles. The van der Waals surface area contributed by atoms with Gasteiger partial charge in [-0.3, -0.25) is 0 Å². The highest BCUT2D eigenvalue weighted by Crippen LogP contribution is 2.43. The molecule has 0 bridgehead atoms. The van der Waals surface area contributed by atoms with Gasteiger partial charge >= 0.3 is 6.18 Å².